The number of sulfonamides is 1. The molecule has 0 spiro atoms. The third-order valence-electron chi connectivity index (χ3n) is 4.30. The molecular formula is C21H28N2O3S. The summed E-state index contributed by atoms with van der Waals surface area (Å²) in [5, 5.41) is 0. The van der Waals surface area contributed by atoms with E-state index in [1.54, 1.807) is 29.2 Å². The molecule has 0 atom stereocenters. The van der Waals surface area contributed by atoms with Crippen molar-refractivity contribution in [2.45, 2.75) is 44.9 Å². The lowest BCUT2D eigenvalue weighted by Gasteiger charge is -2.21. The van der Waals surface area contributed by atoms with Crippen LogP contribution in [0.4, 0.5) is 5.69 Å². The molecular weight excluding hydrogens is 360 g/mol. The first-order valence-corrected chi connectivity index (χ1v) is 10.9. The molecule has 0 saturated carbocycles. The van der Waals surface area contributed by atoms with Gasteiger partial charge < -0.3 is 4.90 Å². The predicted molar refractivity (Wildman–Crippen MR) is 110 cm³/mol. The van der Waals surface area contributed by atoms with E-state index in [-0.39, 0.29) is 10.8 Å². The zero-order chi connectivity index (χ0) is 19.9. The lowest BCUT2D eigenvalue weighted by atomic mass is 10.2. The number of rotatable bonds is 9. The number of aryl methyl sites for hydroxylation is 1. The first-order valence-electron chi connectivity index (χ1n) is 9.42. The van der Waals surface area contributed by atoms with E-state index in [9.17, 15) is 13.2 Å². The summed E-state index contributed by atoms with van der Waals surface area (Å²) < 4.78 is 27.7. The van der Waals surface area contributed by atoms with Crippen molar-refractivity contribution in [1.82, 2.24) is 4.90 Å². The summed E-state index contributed by atoms with van der Waals surface area (Å²) in [6, 6.07) is 13.4. The van der Waals surface area contributed by atoms with Gasteiger partial charge in [-0.05, 0) is 61.2 Å². The van der Waals surface area contributed by atoms with Crippen LogP contribution in [0.3, 0.4) is 0 Å². The van der Waals surface area contributed by atoms with Crippen molar-refractivity contribution in [3.8, 4) is 0 Å². The van der Waals surface area contributed by atoms with Gasteiger partial charge in [0, 0.05) is 24.3 Å². The minimum atomic E-state index is -3.69. The van der Waals surface area contributed by atoms with Gasteiger partial charge in [0.1, 0.15) is 0 Å². The molecule has 0 aliphatic rings. The van der Waals surface area contributed by atoms with E-state index in [0.29, 0.717) is 24.3 Å². The Morgan fingerprint density at radius 2 is 1.44 bits per heavy atom. The highest BCUT2D eigenvalue weighted by molar-refractivity contribution is 7.92. The van der Waals surface area contributed by atoms with E-state index in [2.05, 4.69) is 4.72 Å². The minimum absolute atomic E-state index is 0.0641. The lowest BCUT2D eigenvalue weighted by Crippen LogP contribution is -2.32. The third kappa shape index (κ3) is 5.57. The van der Waals surface area contributed by atoms with Crippen LogP contribution in [0.15, 0.2) is 53.4 Å². The molecule has 0 heterocycles. The highest BCUT2D eigenvalue weighted by Gasteiger charge is 2.17. The summed E-state index contributed by atoms with van der Waals surface area (Å²) in [4.78, 5) is 14.5. The van der Waals surface area contributed by atoms with Crippen LogP contribution in [0.2, 0.25) is 0 Å². The fourth-order valence-electron chi connectivity index (χ4n) is 2.84. The Kier molecular flexibility index (Phi) is 7.42. The standard InChI is InChI=1S/C21H28N2O3S/c1-4-15-23(16-5-2)21(24)18-9-13-20(14-10-18)27(25,26)22-19-11-7-17(6-3)8-12-19/h7-14,22H,4-6,15-16H2,1-3H3. The van der Waals surface area contributed by atoms with Crippen LogP contribution in [0.25, 0.3) is 0 Å². The number of anilines is 1. The molecule has 0 aromatic heterocycles. The quantitative estimate of drug-likeness (QED) is 0.696. The average molecular weight is 389 g/mol. The number of benzene rings is 2. The van der Waals surface area contributed by atoms with Gasteiger partial charge >= 0.3 is 0 Å². The van der Waals surface area contributed by atoms with Crippen LogP contribution in [-0.2, 0) is 16.4 Å². The Morgan fingerprint density at radius 3 is 1.93 bits per heavy atom. The SMILES string of the molecule is CCCN(CCC)C(=O)c1ccc(S(=O)(=O)Nc2ccc(CC)cc2)cc1. The Hall–Kier alpha value is -2.34. The summed E-state index contributed by atoms with van der Waals surface area (Å²) in [6.07, 6.45) is 2.67. The normalized spacial score (nSPS) is 11.2. The molecule has 2 aromatic rings. The first-order chi connectivity index (χ1) is 12.9. The molecule has 2 rings (SSSR count). The number of hydrogen-bond acceptors (Lipinski definition) is 3. The molecule has 146 valence electrons. The lowest BCUT2D eigenvalue weighted by molar-refractivity contribution is 0.0755. The first kappa shape index (κ1) is 21.0. The number of nitrogens with zero attached hydrogens (tertiary/aromatic N) is 1. The Labute approximate surface area is 162 Å². The molecule has 0 fully saturated rings. The second kappa shape index (κ2) is 9.55. The molecule has 0 radical (unpaired) electrons. The van der Waals surface area contributed by atoms with Gasteiger partial charge in [0.2, 0.25) is 0 Å². The highest BCUT2D eigenvalue weighted by atomic mass is 32.2. The van der Waals surface area contributed by atoms with Gasteiger partial charge in [0.05, 0.1) is 4.90 Å². The van der Waals surface area contributed by atoms with Crippen molar-refractivity contribution in [2.24, 2.45) is 0 Å². The van der Waals surface area contributed by atoms with Crippen LogP contribution in [-0.4, -0.2) is 32.3 Å². The topological polar surface area (TPSA) is 66.5 Å². The second-order valence-corrected chi connectivity index (χ2v) is 8.15. The molecule has 0 saturated heterocycles. The zero-order valence-corrected chi connectivity index (χ0v) is 17.1. The Balaban J connectivity index is 2.15. The van der Waals surface area contributed by atoms with E-state index >= 15 is 0 Å². The smallest absolute Gasteiger partial charge is 0.261 e. The summed E-state index contributed by atoms with van der Waals surface area (Å²) in [5.41, 5.74) is 2.16. The summed E-state index contributed by atoms with van der Waals surface area (Å²) in [7, 11) is -3.69. The summed E-state index contributed by atoms with van der Waals surface area (Å²) in [5.74, 6) is -0.0641. The molecule has 27 heavy (non-hydrogen) atoms. The maximum atomic E-state index is 12.6. The average Bonchev–Trinajstić information content (AvgIpc) is 2.67. The molecule has 5 nitrogen and oxygen atoms in total. The van der Waals surface area contributed by atoms with Crippen molar-refractivity contribution < 1.29 is 13.2 Å². The fourth-order valence-corrected chi connectivity index (χ4v) is 3.90. The molecule has 0 aliphatic heterocycles. The Morgan fingerprint density at radius 1 is 0.889 bits per heavy atom. The van der Waals surface area contributed by atoms with Gasteiger partial charge in [-0.2, -0.15) is 0 Å². The molecule has 0 bridgehead atoms. The third-order valence-corrected chi connectivity index (χ3v) is 5.70. The largest absolute Gasteiger partial charge is 0.339 e. The highest BCUT2D eigenvalue weighted by Crippen LogP contribution is 2.18. The number of hydrogen-bond donors (Lipinski definition) is 1. The van der Waals surface area contributed by atoms with Gasteiger partial charge in [-0.25, -0.2) is 8.42 Å². The number of amides is 1. The van der Waals surface area contributed by atoms with E-state index in [1.807, 2.05) is 32.9 Å². The predicted octanol–water partition coefficient (Wildman–Crippen LogP) is 4.31. The van der Waals surface area contributed by atoms with Crippen molar-refractivity contribution in [3.05, 3.63) is 59.7 Å². The van der Waals surface area contributed by atoms with Crippen LogP contribution in [0.1, 0.15) is 49.5 Å². The van der Waals surface area contributed by atoms with Crippen molar-refractivity contribution in [3.63, 3.8) is 0 Å². The van der Waals surface area contributed by atoms with E-state index in [0.717, 1.165) is 24.8 Å². The number of carbonyl (C=O) groups excluding carboxylic acids is 1. The number of carbonyl (C=O) groups is 1. The van der Waals surface area contributed by atoms with E-state index in [4.69, 9.17) is 0 Å². The molecule has 2 aromatic carbocycles. The van der Waals surface area contributed by atoms with Gasteiger partial charge in [0.25, 0.3) is 15.9 Å². The molecule has 1 N–H and O–H groups in total. The Bertz CT molecular complexity index is 838. The molecule has 1 amide bonds. The number of nitrogens with one attached hydrogen (secondary N) is 1. The van der Waals surface area contributed by atoms with Crippen LogP contribution in [0.5, 0.6) is 0 Å². The van der Waals surface area contributed by atoms with Crippen molar-refractivity contribution in [1.29, 1.82) is 0 Å². The monoisotopic (exact) mass is 388 g/mol. The summed E-state index contributed by atoms with van der Waals surface area (Å²) >= 11 is 0. The maximum Gasteiger partial charge on any atom is 0.261 e. The van der Waals surface area contributed by atoms with E-state index in [1.165, 1.54) is 12.1 Å². The van der Waals surface area contributed by atoms with Gasteiger partial charge in [0.15, 0.2) is 0 Å². The van der Waals surface area contributed by atoms with Crippen LogP contribution < -0.4 is 4.72 Å². The molecule has 0 aliphatic carbocycles. The molecule has 0 unspecified atom stereocenters. The maximum absolute atomic E-state index is 12.6. The molecule has 6 heteroatoms. The van der Waals surface area contributed by atoms with Crippen molar-refractivity contribution in [2.75, 3.05) is 17.8 Å². The van der Waals surface area contributed by atoms with Crippen LogP contribution >= 0.6 is 0 Å². The van der Waals surface area contributed by atoms with Gasteiger partial charge in [-0.15, -0.1) is 0 Å². The summed E-state index contributed by atoms with van der Waals surface area (Å²) in [6.45, 7) is 7.50. The fraction of sp³-hybridized carbons (Fsp3) is 0.381. The van der Waals surface area contributed by atoms with E-state index < -0.39 is 10.0 Å². The zero-order valence-electron chi connectivity index (χ0n) is 16.2. The van der Waals surface area contributed by atoms with Gasteiger partial charge in [-0.3, -0.25) is 9.52 Å². The van der Waals surface area contributed by atoms with Gasteiger partial charge in [-0.1, -0.05) is 32.9 Å². The minimum Gasteiger partial charge on any atom is -0.339 e. The van der Waals surface area contributed by atoms with Crippen molar-refractivity contribution >= 4 is 21.6 Å². The van der Waals surface area contributed by atoms with Crippen LogP contribution in [0, 0.1) is 0 Å². The second-order valence-electron chi connectivity index (χ2n) is 6.47.